The smallest absolute Gasteiger partial charge is 0.251 e. The van der Waals surface area contributed by atoms with Crippen molar-refractivity contribution in [1.29, 1.82) is 0 Å². The lowest BCUT2D eigenvalue weighted by Crippen LogP contribution is -2.54. The van der Waals surface area contributed by atoms with Crippen LogP contribution in [0.15, 0.2) is 22.7 Å². The van der Waals surface area contributed by atoms with Crippen molar-refractivity contribution in [2.75, 3.05) is 19.8 Å². The van der Waals surface area contributed by atoms with Crippen LogP contribution >= 0.6 is 15.9 Å². The lowest BCUT2D eigenvalue weighted by molar-refractivity contribution is 0.0125. The largest absolute Gasteiger partial charge is 0.394 e. The Balaban J connectivity index is 2.15. The van der Waals surface area contributed by atoms with Crippen molar-refractivity contribution in [3.05, 3.63) is 33.8 Å². The zero-order chi connectivity index (χ0) is 13.9. The van der Waals surface area contributed by atoms with Gasteiger partial charge in [-0.25, -0.2) is 0 Å². The zero-order valence-electron chi connectivity index (χ0n) is 10.9. The molecule has 1 aromatic carbocycles. The summed E-state index contributed by atoms with van der Waals surface area (Å²) in [7, 11) is 0. The Morgan fingerprint density at radius 3 is 2.68 bits per heavy atom. The van der Waals surface area contributed by atoms with E-state index in [2.05, 4.69) is 21.2 Å². The second-order valence-corrected chi connectivity index (χ2v) is 5.94. The molecular formula is C14H18BrNO3. The van der Waals surface area contributed by atoms with E-state index >= 15 is 0 Å². The van der Waals surface area contributed by atoms with Crippen LogP contribution in [0.3, 0.4) is 0 Å². The molecule has 1 heterocycles. The SMILES string of the molecule is Cc1cc(Br)cc(C(=O)NC2(CO)CCOCC2)c1. The molecule has 1 aliphatic rings. The molecule has 0 aliphatic carbocycles. The average molecular weight is 328 g/mol. The quantitative estimate of drug-likeness (QED) is 0.893. The minimum absolute atomic E-state index is 0.0604. The average Bonchev–Trinajstić information content (AvgIpc) is 2.38. The fourth-order valence-electron chi connectivity index (χ4n) is 2.27. The first kappa shape index (κ1) is 14.5. The number of nitrogens with one attached hydrogen (secondary N) is 1. The van der Waals surface area contributed by atoms with Crippen LogP contribution < -0.4 is 5.32 Å². The first-order valence-corrected chi connectivity index (χ1v) is 7.12. The van der Waals surface area contributed by atoms with Crippen molar-refractivity contribution in [1.82, 2.24) is 5.32 Å². The van der Waals surface area contributed by atoms with E-state index in [1.807, 2.05) is 19.1 Å². The second-order valence-electron chi connectivity index (χ2n) is 5.02. The molecule has 0 spiro atoms. The van der Waals surface area contributed by atoms with Crippen LogP contribution in [0.1, 0.15) is 28.8 Å². The van der Waals surface area contributed by atoms with Crippen molar-refractivity contribution in [2.24, 2.45) is 0 Å². The number of aliphatic hydroxyl groups excluding tert-OH is 1. The summed E-state index contributed by atoms with van der Waals surface area (Å²) in [4.78, 5) is 12.3. The number of amides is 1. The summed E-state index contributed by atoms with van der Waals surface area (Å²) in [5, 5.41) is 12.5. The number of carbonyl (C=O) groups excluding carboxylic acids is 1. The van der Waals surface area contributed by atoms with Crippen LogP contribution in [0, 0.1) is 6.92 Å². The Labute approximate surface area is 121 Å². The van der Waals surface area contributed by atoms with Gasteiger partial charge in [0, 0.05) is 23.2 Å². The molecule has 1 saturated heterocycles. The van der Waals surface area contributed by atoms with Crippen LogP contribution in [0.2, 0.25) is 0 Å². The predicted octanol–water partition coefficient (Wildman–Crippen LogP) is 2.03. The van der Waals surface area contributed by atoms with E-state index in [1.165, 1.54) is 0 Å². The molecule has 19 heavy (non-hydrogen) atoms. The Morgan fingerprint density at radius 1 is 1.42 bits per heavy atom. The van der Waals surface area contributed by atoms with Gasteiger partial charge in [-0.05, 0) is 43.5 Å². The molecule has 0 bridgehead atoms. The van der Waals surface area contributed by atoms with Gasteiger partial charge in [-0.2, -0.15) is 0 Å². The standard InChI is InChI=1S/C14H18BrNO3/c1-10-6-11(8-12(15)7-10)13(18)16-14(9-17)2-4-19-5-3-14/h6-8,17H,2-5,9H2,1H3,(H,16,18). The van der Waals surface area contributed by atoms with E-state index in [0.717, 1.165) is 10.0 Å². The van der Waals surface area contributed by atoms with E-state index in [4.69, 9.17) is 4.74 Å². The van der Waals surface area contributed by atoms with Gasteiger partial charge >= 0.3 is 0 Å². The van der Waals surface area contributed by atoms with E-state index in [9.17, 15) is 9.90 Å². The first-order valence-electron chi connectivity index (χ1n) is 6.33. The summed E-state index contributed by atoms with van der Waals surface area (Å²) >= 11 is 3.39. The third-order valence-corrected chi connectivity index (χ3v) is 3.89. The highest BCUT2D eigenvalue weighted by atomic mass is 79.9. The molecule has 0 atom stereocenters. The normalized spacial score (nSPS) is 18.1. The topological polar surface area (TPSA) is 58.6 Å². The van der Waals surface area contributed by atoms with Gasteiger partial charge in [-0.1, -0.05) is 15.9 Å². The van der Waals surface area contributed by atoms with Crippen LogP contribution in [-0.2, 0) is 4.74 Å². The molecule has 0 saturated carbocycles. The molecule has 1 amide bonds. The number of halogens is 1. The molecule has 0 aromatic heterocycles. The minimum atomic E-state index is -0.550. The Morgan fingerprint density at radius 2 is 2.11 bits per heavy atom. The maximum absolute atomic E-state index is 12.3. The van der Waals surface area contributed by atoms with Crippen molar-refractivity contribution >= 4 is 21.8 Å². The predicted molar refractivity (Wildman–Crippen MR) is 76.2 cm³/mol. The van der Waals surface area contributed by atoms with Crippen LogP contribution in [0.5, 0.6) is 0 Å². The number of rotatable bonds is 3. The molecule has 5 heteroatoms. The Kier molecular flexibility index (Phi) is 4.60. The van der Waals surface area contributed by atoms with Crippen molar-refractivity contribution in [2.45, 2.75) is 25.3 Å². The van der Waals surface area contributed by atoms with Crippen molar-refractivity contribution < 1.29 is 14.6 Å². The minimum Gasteiger partial charge on any atom is -0.394 e. The summed E-state index contributed by atoms with van der Waals surface area (Å²) in [6.45, 7) is 3.02. The summed E-state index contributed by atoms with van der Waals surface area (Å²) < 4.78 is 6.16. The van der Waals surface area contributed by atoms with Crippen LogP contribution in [0.4, 0.5) is 0 Å². The Hall–Kier alpha value is -0.910. The highest BCUT2D eigenvalue weighted by molar-refractivity contribution is 9.10. The van der Waals surface area contributed by atoms with Crippen LogP contribution in [0.25, 0.3) is 0 Å². The molecule has 4 nitrogen and oxygen atoms in total. The van der Waals surface area contributed by atoms with Gasteiger partial charge < -0.3 is 15.2 Å². The van der Waals surface area contributed by atoms with Crippen molar-refractivity contribution in [3.63, 3.8) is 0 Å². The molecule has 0 unspecified atom stereocenters. The molecule has 104 valence electrons. The van der Waals surface area contributed by atoms with E-state index < -0.39 is 5.54 Å². The third-order valence-electron chi connectivity index (χ3n) is 3.44. The molecular weight excluding hydrogens is 310 g/mol. The molecule has 2 N–H and O–H groups in total. The maximum Gasteiger partial charge on any atom is 0.251 e. The number of hydrogen-bond donors (Lipinski definition) is 2. The van der Waals surface area contributed by atoms with E-state index in [1.54, 1.807) is 6.07 Å². The summed E-state index contributed by atoms with van der Waals surface area (Å²) in [6, 6.07) is 5.57. The number of hydrogen-bond acceptors (Lipinski definition) is 3. The number of benzene rings is 1. The van der Waals surface area contributed by atoms with E-state index in [0.29, 0.717) is 31.6 Å². The fraction of sp³-hybridized carbons (Fsp3) is 0.500. The van der Waals surface area contributed by atoms with Crippen LogP contribution in [-0.4, -0.2) is 36.4 Å². The van der Waals surface area contributed by atoms with Gasteiger partial charge in [0.25, 0.3) is 5.91 Å². The number of aliphatic hydroxyl groups is 1. The molecule has 1 aliphatic heterocycles. The molecule has 1 fully saturated rings. The van der Waals surface area contributed by atoms with Gasteiger partial charge in [0.15, 0.2) is 0 Å². The summed E-state index contributed by atoms with van der Waals surface area (Å²) in [6.07, 6.45) is 1.28. The molecule has 1 aromatic rings. The number of aryl methyl sites for hydroxylation is 1. The zero-order valence-corrected chi connectivity index (χ0v) is 12.5. The molecule has 2 rings (SSSR count). The van der Waals surface area contributed by atoms with Gasteiger partial charge in [0.05, 0.1) is 12.1 Å². The lowest BCUT2D eigenvalue weighted by Gasteiger charge is -2.36. The monoisotopic (exact) mass is 327 g/mol. The second kappa shape index (κ2) is 6.03. The van der Waals surface area contributed by atoms with Gasteiger partial charge in [0.2, 0.25) is 0 Å². The highest BCUT2D eigenvalue weighted by Gasteiger charge is 2.33. The first-order chi connectivity index (χ1) is 9.04. The summed E-state index contributed by atoms with van der Waals surface area (Å²) in [5.41, 5.74) is 1.07. The number of carbonyl (C=O) groups is 1. The highest BCUT2D eigenvalue weighted by Crippen LogP contribution is 2.22. The maximum atomic E-state index is 12.3. The van der Waals surface area contributed by atoms with Gasteiger partial charge in [0.1, 0.15) is 0 Å². The fourth-order valence-corrected chi connectivity index (χ4v) is 2.87. The summed E-state index contributed by atoms with van der Waals surface area (Å²) in [5.74, 6) is -0.152. The van der Waals surface area contributed by atoms with Gasteiger partial charge in [-0.3, -0.25) is 4.79 Å². The Bertz CT molecular complexity index is 450. The number of ether oxygens (including phenoxy) is 1. The third kappa shape index (κ3) is 3.55. The van der Waals surface area contributed by atoms with E-state index in [-0.39, 0.29) is 12.5 Å². The lowest BCUT2D eigenvalue weighted by atomic mass is 9.90. The van der Waals surface area contributed by atoms with Crippen molar-refractivity contribution in [3.8, 4) is 0 Å². The van der Waals surface area contributed by atoms with Gasteiger partial charge in [-0.15, -0.1) is 0 Å². The molecule has 0 radical (unpaired) electrons.